The zero-order valence-corrected chi connectivity index (χ0v) is 7.84. The van der Waals surface area contributed by atoms with Crippen molar-refractivity contribution in [2.45, 2.75) is 12.9 Å². The van der Waals surface area contributed by atoms with Crippen molar-refractivity contribution in [3.63, 3.8) is 0 Å². The molecule has 0 aliphatic rings. The van der Waals surface area contributed by atoms with E-state index in [0.29, 0.717) is 0 Å². The van der Waals surface area contributed by atoms with Gasteiger partial charge in [0.15, 0.2) is 5.75 Å². The molecular weight excluding hydrogens is 213 g/mol. The molecule has 0 aliphatic heterocycles. The molecule has 0 amide bonds. The lowest BCUT2D eigenvalue weighted by Gasteiger charge is -2.13. The standard InChI is InChI=1S/C8H9F3N2O2/c1-14-6-3-13-4-7(5(6)2-12)15-8(9,10)11/h3-4H,2,12H2,1H3. The van der Waals surface area contributed by atoms with Crippen molar-refractivity contribution in [2.75, 3.05) is 7.11 Å². The number of hydrogen-bond acceptors (Lipinski definition) is 4. The van der Waals surface area contributed by atoms with Gasteiger partial charge in [-0.15, -0.1) is 13.2 Å². The summed E-state index contributed by atoms with van der Waals surface area (Å²) >= 11 is 0. The van der Waals surface area contributed by atoms with Gasteiger partial charge in [0.05, 0.1) is 25.1 Å². The second-order valence-corrected chi connectivity index (χ2v) is 2.57. The Morgan fingerprint density at radius 2 is 1.93 bits per heavy atom. The van der Waals surface area contributed by atoms with Crippen LogP contribution >= 0.6 is 0 Å². The second-order valence-electron chi connectivity index (χ2n) is 2.57. The molecular formula is C8H9F3N2O2. The summed E-state index contributed by atoms with van der Waals surface area (Å²) in [6.45, 7) is -0.128. The maximum atomic E-state index is 12.0. The summed E-state index contributed by atoms with van der Waals surface area (Å²) in [5, 5.41) is 0. The Morgan fingerprint density at radius 1 is 1.33 bits per heavy atom. The van der Waals surface area contributed by atoms with Gasteiger partial charge in [-0.05, 0) is 0 Å². The number of aromatic nitrogens is 1. The van der Waals surface area contributed by atoms with Gasteiger partial charge in [-0.3, -0.25) is 4.98 Å². The summed E-state index contributed by atoms with van der Waals surface area (Å²) in [6.07, 6.45) is -2.55. The highest BCUT2D eigenvalue weighted by Crippen LogP contribution is 2.30. The van der Waals surface area contributed by atoms with Crippen molar-refractivity contribution in [2.24, 2.45) is 5.73 Å². The Hall–Kier alpha value is -1.50. The summed E-state index contributed by atoms with van der Waals surface area (Å²) in [5.74, 6) is -0.274. The minimum absolute atomic E-state index is 0.128. The fourth-order valence-corrected chi connectivity index (χ4v) is 1.04. The maximum Gasteiger partial charge on any atom is 0.573 e. The minimum atomic E-state index is -4.77. The van der Waals surface area contributed by atoms with E-state index in [0.717, 1.165) is 6.20 Å². The predicted octanol–water partition coefficient (Wildman–Crippen LogP) is 1.45. The number of ether oxygens (including phenoxy) is 2. The van der Waals surface area contributed by atoms with Crippen LogP contribution in [-0.2, 0) is 6.54 Å². The van der Waals surface area contributed by atoms with E-state index < -0.39 is 12.1 Å². The predicted molar refractivity (Wildman–Crippen MR) is 45.4 cm³/mol. The minimum Gasteiger partial charge on any atom is -0.495 e. The Morgan fingerprint density at radius 3 is 2.40 bits per heavy atom. The van der Waals surface area contributed by atoms with E-state index in [9.17, 15) is 13.2 Å². The van der Waals surface area contributed by atoms with Gasteiger partial charge >= 0.3 is 6.36 Å². The number of nitrogens with zero attached hydrogens (tertiary/aromatic N) is 1. The molecule has 0 atom stereocenters. The molecule has 1 aromatic heterocycles. The molecule has 0 unspecified atom stereocenters. The van der Waals surface area contributed by atoms with Crippen LogP contribution in [0, 0.1) is 0 Å². The van der Waals surface area contributed by atoms with Crippen LogP contribution in [-0.4, -0.2) is 18.5 Å². The normalized spacial score (nSPS) is 11.3. The monoisotopic (exact) mass is 222 g/mol. The third-order valence-electron chi connectivity index (χ3n) is 1.63. The van der Waals surface area contributed by atoms with Crippen molar-refractivity contribution in [1.29, 1.82) is 0 Å². The summed E-state index contributed by atoms with van der Waals surface area (Å²) < 4.78 is 44.4. The maximum absolute atomic E-state index is 12.0. The van der Waals surface area contributed by atoms with E-state index in [4.69, 9.17) is 10.5 Å². The molecule has 0 bridgehead atoms. The van der Waals surface area contributed by atoms with E-state index in [1.165, 1.54) is 13.3 Å². The molecule has 15 heavy (non-hydrogen) atoms. The van der Waals surface area contributed by atoms with Crippen LogP contribution in [0.2, 0.25) is 0 Å². The van der Waals surface area contributed by atoms with Gasteiger partial charge in [0.2, 0.25) is 0 Å². The molecule has 0 aliphatic carbocycles. The highest BCUT2D eigenvalue weighted by molar-refractivity contribution is 5.41. The molecule has 84 valence electrons. The molecule has 0 spiro atoms. The van der Waals surface area contributed by atoms with Gasteiger partial charge in [0.25, 0.3) is 0 Å². The SMILES string of the molecule is COc1cncc(OC(F)(F)F)c1CN. The van der Waals surface area contributed by atoms with Crippen molar-refractivity contribution >= 4 is 0 Å². The van der Waals surface area contributed by atoms with Gasteiger partial charge in [-0.25, -0.2) is 0 Å². The number of nitrogens with two attached hydrogens (primary N) is 1. The van der Waals surface area contributed by atoms with E-state index in [1.807, 2.05) is 0 Å². The molecule has 1 aromatic rings. The third-order valence-corrected chi connectivity index (χ3v) is 1.63. The van der Waals surface area contributed by atoms with Gasteiger partial charge in [0.1, 0.15) is 5.75 Å². The molecule has 0 radical (unpaired) electrons. The number of methoxy groups -OCH3 is 1. The zero-order valence-electron chi connectivity index (χ0n) is 7.84. The van der Waals surface area contributed by atoms with Crippen LogP contribution in [0.25, 0.3) is 0 Å². The average Bonchev–Trinajstić information content (AvgIpc) is 2.15. The topological polar surface area (TPSA) is 57.4 Å². The van der Waals surface area contributed by atoms with Crippen molar-refractivity contribution in [1.82, 2.24) is 4.98 Å². The van der Waals surface area contributed by atoms with Crippen molar-refractivity contribution in [3.8, 4) is 11.5 Å². The summed E-state index contributed by atoms with van der Waals surface area (Å²) in [4.78, 5) is 3.54. The van der Waals surface area contributed by atoms with Crippen LogP contribution in [0.3, 0.4) is 0 Å². The van der Waals surface area contributed by atoms with E-state index >= 15 is 0 Å². The number of pyridine rings is 1. The summed E-state index contributed by atoms with van der Waals surface area (Å²) in [5.41, 5.74) is 5.42. The molecule has 0 fully saturated rings. The van der Waals surface area contributed by atoms with Crippen molar-refractivity contribution < 1.29 is 22.6 Å². The fourth-order valence-electron chi connectivity index (χ4n) is 1.04. The number of rotatable bonds is 3. The Bertz CT molecular complexity index is 341. The van der Waals surface area contributed by atoms with Gasteiger partial charge in [-0.2, -0.15) is 0 Å². The highest BCUT2D eigenvalue weighted by atomic mass is 19.4. The Balaban J connectivity index is 3.06. The molecule has 0 saturated heterocycles. The first-order valence-electron chi connectivity index (χ1n) is 3.94. The summed E-state index contributed by atoms with van der Waals surface area (Å²) in [7, 11) is 1.31. The van der Waals surface area contributed by atoms with Gasteiger partial charge in [0, 0.05) is 6.54 Å². The lowest BCUT2D eigenvalue weighted by molar-refractivity contribution is -0.275. The number of halogens is 3. The smallest absolute Gasteiger partial charge is 0.495 e. The van der Waals surface area contributed by atoms with E-state index in [1.54, 1.807) is 0 Å². The number of alkyl halides is 3. The zero-order chi connectivity index (χ0) is 11.5. The first-order valence-corrected chi connectivity index (χ1v) is 3.94. The molecule has 0 saturated carbocycles. The van der Waals surface area contributed by atoms with Crippen LogP contribution in [0.1, 0.15) is 5.56 Å². The molecule has 0 aromatic carbocycles. The Kier molecular flexibility index (Phi) is 3.35. The fraction of sp³-hybridized carbons (Fsp3) is 0.375. The summed E-state index contributed by atoms with van der Waals surface area (Å²) in [6, 6.07) is 0. The van der Waals surface area contributed by atoms with Crippen LogP contribution < -0.4 is 15.2 Å². The highest BCUT2D eigenvalue weighted by Gasteiger charge is 2.32. The molecule has 1 rings (SSSR count). The van der Waals surface area contributed by atoms with Gasteiger partial charge in [-0.1, -0.05) is 0 Å². The molecule has 1 heterocycles. The molecule has 7 heteroatoms. The largest absolute Gasteiger partial charge is 0.573 e. The number of hydrogen-bond donors (Lipinski definition) is 1. The molecule has 2 N–H and O–H groups in total. The lowest BCUT2D eigenvalue weighted by atomic mass is 10.2. The third kappa shape index (κ3) is 2.98. The Labute approximate surface area is 83.8 Å². The van der Waals surface area contributed by atoms with E-state index in [-0.39, 0.29) is 17.9 Å². The first-order chi connectivity index (χ1) is 6.98. The van der Waals surface area contributed by atoms with Crippen molar-refractivity contribution in [3.05, 3.63) is 18.0 Å². The first kappa shape index (κ1) is 11.6. The van der Waals surface area contributed by atoms with Crippen LogP contribution in [0.5, 0.6) is 11.5 Å². The quantitative estimate of drug-likeness (QED) is 0.840. The van der Waals surface area contributed by atoms with Crippen LogP contribution in [0.4, 0.5) is 13.2 Å². The lowest BCUT2D eigenvalue weighted by Crippen LogP contribution is -2.19. The van der Waals surface area contributed by atoms with Crippen LogP contribution in [0.15, 0.2) is 12.4 Å². The van der Waals surface area contributed by atoms with E-state index in [2.05, 4.69) is 9.72 Å². The average molecular weight is 222 g/mol. The molecule has 4 nitrogen and oxygen atoms in total. The second kappa shape index (κ2) is 4.35. The van der Waals surface area contributed by atoms with Gasteiger partial charge < -0.3 is 15.2 Å².